The van der Waals surface area contributed by atoms with Gasteiger partial charge in [-0.1, -0.05) is 23.4 Å². The van der Waals surface area contributed by atoms with Gasteiger partial charge in [0.05, 0.1) is 12.8 Å². The van der Waals surface area contributed by atoms with E-state index in [0.717, 1.165) is 5.75 Å². The summed E-state index contributed by atoms with van der Waals surface area (Å²) in [6, 6.07) is 13.9. The second kappa shape index (κ2) is 8.25. The van der Waals surface area contributed by atoms with Crippen LogP contribution in [0.15, 0.2) is 53.5 Å². The Morgan fingerprint density at radius 2 is 1.92 bits per heavy atom. The van der Waals surface area contributed by atoms with E-state index in [1.807, 2.05) is 0 Å². The highest BCUT2D eigenvalue weighted by molar-refractivity contribution is 8.15. The van der Waals surface area contributed by atoms with E-state index in [2.05, 4.69) is 15.6 Å². The number of carbonyl (C=O) groups excluding carboxylic acids is 2. The molecule has 2 N–H and O–H groups in total. The number of hydrogen-bond acceptors (Lipinski definition) is 5. The molecule has 26 heavy (non-hydrogen) atoms. The summed E-state index contributed by atoms with van der Waals surface area (Å²) >= 11 is 7.06. The molecule has 1 saturated heterocycles. The van der Waals surface area contributed by atoms with E-state index < -0.39 is 5.25 Å². The molecule has 0 unspecified atom stereocenters. The number of amides is 2. The summed E-state index contributed by atoms with van der Waals surface area (Å²) in [4.78, 5) is 28.8. The summed E-state index contributed by atoms with van der Waals surface area (Å²) in [7, 11) is 1.59. The van der Waals surface area contributed by atoms with Crippen LogP contribution in [0.4, 0.5) is 11.4 Å². The zero-order valence-electron chi connectivity index (χ0n) is 13.9. The van der Waals surface area contributed by atoms with Crippen LogP contribution in [0.3, 0.4) is 0 Å². The molecular weight excluding hydrogens is 374 g/mol. The van der Waals surface area contributed by atoms with Gasteiger partial charge >= 0.3 is 0 Å². The van der Waals surface area contributed by atoms with Crippen LogP contribution in [-0.2, 0) is 9.59 Å². The number of nitrogens with one attached hydrogen (secondary N) is 2. The molecule has 8 heteroatoms. The fourth-order valence-corrected chi connectivity index (χ4v) is 3.40. The Kier molecular flexibility index (Phi) is 5.80. The van der Waals surface area contributed by atoms with Crippen LogP contribution in [0.2, 0.25) is 5.02 Å². The first kappa shape index (κ1) is 18.3. The standard InChI is InChI=1S/C18H16ClN3O3S/c1-25-14-8-6-13(7-9-14)21-18-22-16(23)10-15(26-18)17(24)20-12-4-2-11(19)3-5-12/h2-9,15H,10H2,1H3,(H,20,24)(H,21,22,23)/t15-/m0/s1. The molecule has 1 aliphatic rings. The number of halogens is 1. The van der Waals surface area contributed by atoms with E-state index in [-0.39, 0.29) is 18.2 Å². The second-order valence-electron chi connectivity index (χ2n) is 5.47. The number of aliphatic imine (C=N–C) groups is 1. The van der Waals surface area contributed by atoms with Gasteiger partial charge in [0, 0.05) is 17.1 Å². The number of thioether (sulfide) groups is 1. The van der Waals surface area contributed by atoms with E-state index in [4.69, 9.17) is 16.3 Å². The van der Waals surface area contributed by atoms with Crippen LogP contribution in [0.5, 0.6) is 5.75 Å². The molecule has 2 aromatic carbocycles. The number of amidine groups is 1. The Morgan fingerprint density at radius 1 is 1.23 bits per heavy atom. The Balaban J connectivity index is 1.70. The average Bonchev–Trinajstić information content (AvgIpc) is 2.64. The quantitative estimate of drug-likeness (QED) is 0.837. The number of carbonyl (C=O) groups is 2. The molecule has 0 aliphatic carbocycles. The first-order valence-corrected chi connectivity index (χ1v) is 9.05. The highest BCUT2D eigenvalue weighted by atomic mass is 35.5. The summed E-state index contributed by atoms with van der Waals surface area (Å²) in [5, 5.41) is 5.90. The van der Waals surface area contributed by atoms with E-state index in [9.17, 15) is 9.59 Å². The smallest absolute Gasteiger partial charge is 0.238 e. The lowest BCUT2D eigenvalue weighted by molar-refractivity contribution is -0.123. The molecule has 1 atom stereocenters. The third-order valence-corrected chi connectivity index (χ3v) is 4.91. The second-order valence-corrected chi connectivity index (χ2v) is 7.10. The molecule has 0 saturated carbocycles. The largest absolute Gasteiger partial charge is 0.497 e. The zero-order valence-corrected chi connectivity index (χ0v) is 15.4. The number of benzene rings is 2. The number of anilines is 1. The molecular formula is C18H16ClN3O3S. The van der Waals surface area contributed by atoms with Crippen molar-refractivity contribution in [2.45, 2.75) is 11.7 Å². The topological polar surface area (TPSA) is 79.8 Å². The molecule has 2 aromatic rings. The molecule has 1 aliphatic heterocycles. The van der Waals surface area contributed by atoms with Gasteiger partial charge in [-0.3, -0.25) is 9.59 Å². The Morgan fingerprint density at radius 3 is 2.58 bits per heavy atom. The van der Waals surface area contributed by atoms with Gasteiger partial charge in [-0.15, -0.1) is 0 Å². The highest BCUT2D eigenvalue weighted by Crippen LogP contribution is 2.26. The molecule has 0 radical (unpaired) electrons. The van der Waals surface area contributed by atoms with Crippen molar-refractivity contribution < 1.29 is 14.3 Å². The summed E-state index contributed by atoms with van der Waals surface area (Å²) in [6.45, 7) is 0. The van der Waals surface area contributed by atoms with Crippen molar-refractivity contribution in [3.63, 3.8) is 0 Å². The van der Waals surface area contributed by atoms with Gasteiger partial charge in [-0.25, -0.2) is 4.99 Å². The molecule has 1 fully saturated rings. The zero-order chi connectivity index (χ0) is 18.5. The minimum absolute atomic E-state index is 0.0890. The summed E-state index contributed by atoms with van der Waals surface area (Å²) in [5.41, 5.74) is 1.28. The van der Waals surface area contributed by atoms with E-state index >= 15 is 0 Å². The maximum absolute atomic E-state index is 12.5. The van der Waals surface area contributed by atoms with Crippen LogP contribution in [0.1, 0.15) is 6.42 Å². The fourth-order valence-electron chi connectivity index (χ4n) is 2.28. The normalized spacial score (nSPS) is 18.3. The molecule has 134 valence electrons. The molecule has 6 nitrogen and oxygen atoms in total. The van der Waals surface area contributed by atoms with Crippen LogP contribution in [0, 0.1) is 0 Å². The molecule has 0 bridgehead atoms. The van der Waals surface area contributed by atoms with Gasteiger partial charge < -0.3 is 15.4 Å². The van der Waals surface area contributed by atoms with Crippen molar-refractivity contribution in [2.24, 2.45) is 4.99 Å². The van der Waals surface area contributed by atoms with Crippen LogP contribution < -0.4 is 15.4 Å². The number of hydrogen-bond donors (Lipinski definition) is 2. The lowest BCUT2D eigenvalue weighted by Gasteiger charge is -2.22. The number of nitrogens with zero attached hydrogens (tertiary/aromatic N) is 1. The monoisotopic (exact) mass is 389 g/mol. The van der Waals surface area contributed by atoms with Gasteiger partial charge in [0.1, 0.15) is 11.0 Å². The van der Waals surface area contributed by atoms with Gasteiger partial charge in [-0.05, 0) is 48.5 Å². The van der Waals surface area contributed by atoms with E-state index in [0.29, 0.717) is 21.6 Å². The predicted octanol–water partition coefficient (Wildman–Crippen LogP) is 3.60. The van der Waals surface area contributed by atoms with Gasteiger partial charge in [-0.2, -0.15) is 0 Å². The summed E-state index contributed by atoms with van der Waals surface area (Å²) in [6.07, 6.45) is 0.0890. The third kappa shape index (κ3) is 4.77. The van der Waals surface area contributed by atoms with Crippen molar-refractivity contribution in [3.8, 4) is 5.75 Å². The Bertz CT molecular complexity index is 838. The Labute approximate surface area is 160 Å². The summed E-state index contributed by atoms with van der Waals surface area (Å²) in [5.74, 6) is 0.219. The average molecular weight is 390 g/mol. The van der Waals surface area contributed by atoms with E-state index in [1.165, 1.54) is 11.8 Å². The van der Waals surface area contributed by atoms with Crippen molar-refractivity contribution in [2.75, 3.05) is 12.4 Å². The van der Waals surface area contributed by atoms with Gasteiger partial charge in [0.15, 0.2) is 5.17 Å². The van der Waals surface area contributed by atoms with Crippen LogP contribution in [-0.4, -0.2) is 29.3 Å². The van der Waals surface area contributed by atoms with E-state index in [1.54, 1.807) is 55.6 Å². The number of methoxy groups -OCH3 is 1. The van der Waals surface area contributed by atoms with Crippen LogP contribution in [0.25, 0.3) is 0 Å². The molecule has 1 heterocycles. The highest BCUT2D eigenvalue weighted by Gasteiger charge is 2.30. The molecule has 3 rings (SSSR count). The van der Waals surface area contributed by atoms with Crippen molar-refractivity contribution in [1.29, 1.82) is 0 Å². The molecule has 2 amide bonds. The molecule has 0 spiro atoms. The Hall–Kier alpha value is -2.51. The summed E-state index contributed by atoms with van der Waals surface area (Å²) < 4.78 is 5.10. The minimum Gasteiger partial charge on any atom is -0.497 e. The predicted molar refractivity (Wildman–Crippen MR) is 104 cm³/mol. The van der Waals surface area contributed by atoms with Crippen molar-refractivity contribution in [3.05, 3.63) is 53.6 Å². The third-order valence-electron chi connectivity index (χ3n) is 3.58. The van der Waals surface area contributed by atoms with Crippen LogP contribution >= 0.6 is 23.4 Å². The van der Waals surface area contributed by atoms with Crippen molar-refractivity contribution >= 4 is 51.7 Å². The van der Waals surface area contributed by atoms with Gasteiger partial charge in [0.2, 0.25) is 11.8 Å². The maximum Gasteiger partial charge on any atom is 0.238 e. The first-order valence-electron chi connectivity index (χ1n) is 7.79. The van der Waals surface area contributed by atoms with Crippen molar-refractivity contribution in [1.82, 2.24) is 5.32 Å². The first-order chi connectivity index (χ1) is 12.5. The number of rotatable bonds is 4. The lowest BCUT2D eigenvalue weighted by atomic mass is 10.2. The van der Waals surface area contributed by atoms with Gasteiger partial charge in [0.25, 0.3) is 0 Å². The fraction of sp³-hybridized carbons (Fsp3) is 0.167. The maximum atomic E-state index is 12.5. The lowest BCUT2D eigenvalue weighted by Crippen LogP contribution is -2.41. The molecule has 0 aromatic heterocycles. The minimum atomic E-state index is -0.559. The SMILES string of the molecule is COc1ccc(N=C2NC(=O)C[C@@H](C(=O)Nc3ccc(Cl)cc3)S2)cc1. The number of ether oxygens (including phenoxy) is 1.